The van der Waals surface area contributed by atoms with E-state index in [0.29, 0.717) is 24.2 Å². The van der Waals surface area contributed by atoms with E-state index in [4.69, 9.17) is 0 Å². The number of anilines is 2. The van der Waals surface area contributed by atoms with Crippen LogP contribution in [0.1, 0.15) is 12.0 Å². The van der Waals surface area contributed by atoms with E-state index in [0.717, 1.165) is 36.1 Å². The van der Waals surface area contributed by atoms with Gasteiger partial charge in [-0.3, -0.25) is 4.79 Å². The molecule has 11 heteroatoms. The van der Waals surface area contributed by atoms with Crippen LogP contribution in [0.15, 0.2) is 89.5 Å². The van der Waals surface area contributed by atoms with Gasteiger partial charge < -0.3 is 15.5 Å². The first kappa shape index (κ1) is 26.0. The fourth-order valence-corrected chi connectivity index (χ4v) is 4.46. The van der Waals surface area contributed by atoms with Crippen LogP contribution in [-0.4, -0.2) is 33.2 Å². The van der Waals surface area contributed by atoms with E-state index in [1.165, 1.54) is 11.0 Å². The largest absolute Gasteiger partial charge is 0.416 e. The summed E-state index contributed by atoms with van der Waals surface area (Å²) in [6.07, 6.45) is -1.29. The molecule has 0 aliphatic carbocycles. The maximum absolute atomic E-state index is 13.0. The number of amides is 3. The van der Waals surface area contributed by atoms with Gasteiger partial charge in [-0.15, -0.1) is 0 Å². The van der Waals surface area contributed by atoms with Crippen molar-refractivity contribution in [2.24, 2.45) is 0 Å². The standard InChI is InChI=1S/C26H22F3N3O4S/c1-37(35,36)22-5-2-4-18(16-22)17-7-13-21(14-8-17)32-15-3-6-23(24(32)33)31-25(34)30-20-11-9-19(10-12-20)26(27,28)29/h2,4-14,16H,3,15H2,1H3,(H2,30,31,34). The molecule has 1 aliphatic heterocycles. The smallest absolute Gasteiger partial charge is 0.308 e. The number of sulfone groups is 1. The highest BCUT2D eigenvalue weighted by Gasteiger charge is 2.30. The predicted molar refractivity (Wildman–Crippen MR) is 134 cm³/mol. The fraction of sp³-hybridized carbons (Fsp3) is 0.154. The van der Waals surface area contributed by atoms with Gasteiger partial charge in [0, 0.05) is 24.2 Å². The van der Waals surface area contributed by atoms with Crippen molar-refractivity contribution in [2.75, 3.05) is 23.0 Å². The third-order valence-electron chi connectivity index (χ3n) is 5.67. The molecule has 3 aromatic rings. The van der Waals surface area contributed by atoms with Crippen LogP contribution in [0.5, 0.6) is 0 Å². The summed E-state index contributed by atoms with van der Waals surface area (Å²) in [5, 5.41) is 4.87. The summed E-state index contributed by atoms with van der Waals surface area (Å²) in [4.78, 5) is 27.0. The summed E-state index contributed by atoms with van der Waals surface area (Å²) in [5.41, 5.74) is 1.41. The molecule has 2 N–H and O–H groups in total. The first-order chi connectivity index (χ1) is 17.4. The fourth-order valence-electron chi connectivity index (χ4n) is 3.79. The van der Waals surface area contributed by atoms with Crippen molar-refractivity contribution in [1.29, 1.82) is 0 Å². The Kier molecular flexibility index (Phi) is 7.08. The third kappa shape index (κ3) is 6.18. The maximum Gasteiger partial charge on any atom is 0.416 e. The minimum Gasteiger partial charge on any atom is -0.308 e. The average molecular weight is 530 g/mol. The van der Waals surface area contributed by atoms with Gasteiger partial charge in [0.1, 0.15) is 5.70 Å². The van der Waals surface area contributed by atoms with E-state index >= 15 is 0 Å². The first-order valence-electron chi connectivity index (χ1n) is 11.1. The maximum atomic E-state index is 13.0. The number of halogens is 3. The predicted octanol–water partition coefficient (Wildman–Crippen LogP) is 5.22. The van der Waals surface area contributed by atoms with Gasteiger partial charge in [0.25, 0.3) is 5.91 Å². The van der Waals surface area contributed by atoms with Crippen molar-refractivity contribution >= 4 is 33.2 Å². The summed E-state index contributed by atoms with van der Waals surface area (Å²) < 4.78 is 61.8. The zero-order valence-corrected chi connectivity index (χ0v) is 20.4. The molecule has 0 fully saturated rings. The molecule has 1 aliphatic rings. The Morgan fingerprint density at radius 1 is 0.919 bits per heavy atom. The molecular formula is C26H22F3N3O4S. The second-order valence-corrected chi connectivity index (χ2v) is 10.4. The molecule has 0 spiro atoms. The van der Waals surface area contributed by atoms with Gasteiger partial charge in [0.05, 0.1) is 10.5 Å². The van der Waals surface area contributed by atoms with Crippen LogP contribution in [0.4, 0.5) is 29.3 Å². The third-order valence-corrected chi connectivity index (χ3v) is 6.78. The highest BCUT2D eigenvalue weighted by atomic mass is 32.2. The molecule has 0 saturated heterocycles. The number of hydrogen-bond acceptors (Lipinski definition) is 4. The number of carbonyl (C=O) groups is 2. The van der Waals surface area contributed by atoms with E-state index in [9.17, 15) is 31.2 Å². The normalized spacial score (nSPS) is 14.2. The summed E-state index contributed by atoms with van der Waals surface area (Å²) in [7, 11) is -3.35. The number of nitrogens with zero attached hydrogens (tertiary/aromatic N) is 1. The molecule has 1 heterocycles. The molecule has 0 saturated carbocycles. The number of urea groups is 1. The Labute approximate surface area is 211 Å². The lowest BCUT2D eigenvalue weighted by Crippen LogP contribution is -2.42. The number of hydrogen-bond donors (Lipinski definition) is 2. The molecule has 37 heavy (non-hydrogen) atoms. The zero-order valence-electron chi connectivity index (χ0n) is 19.5. The van der Waals surface area contributed by atoms with Gasteiger partial charge in [-0.05, 0) is 66.1 Å². The van der Waals surface area contributed by atoms with E-state index < -0.39 is 33.5 Å². The van der Waals surface area contributed by atoms with Crippen molar-refractivity contribution in [3.05, 3.63) is 90.1 Å². The van der Waals surface area contributed by atoms with Crippen LogP contribution in [0.25, 0.3) is 11.1 Å². The number of alkyl halides is 3. The van der Waals surface area contributed by atoms with Gasteiger partial charge in [-0.25, -0.2) is 13.2 Å². The molecule has 0 bridgehead atoms. The Balaban J connectivity index is 1.43. The molecule has 192 valence electrons. The molecule has 0 unspecified atom stereocenters. The number of nitrogens with one attached hydrogen (secondary N) is 2. The second-order valence-electron chi connectivity index (χ2n) is 8.36. The molecule has 0 atom stereocenters. The van der Waals surface area contributed by atoms with Crippen LogP contribution < -0.4 is 15.5 Å². The summed E-state index contributed by atoms with van der Waals surface area (Å²) in [5.74, 6) is -0.444. The van der Waals surface area contributed by atoms with Crippen LogP contribution in [0.2, 0.25) is 0 Å². The molecular weight excluding hydrogens is 507 g/mol. The Morgan fingerprint density at radius 3 is 2.22 bits per heavy atom. The van der Waals surface area contributed by atoms with Crippen molar-refractivity contribution < 1.29 is 31.2 Å². The minimum atomic E-state index is -4.48. The Morgan fingerprint density at radius 2 is 1.59 bits per heavy atom. The van der Waals surface area contributed by atoms with Gasteiger partial charge in [0.2, 0.25) is 0 Å². The van der Waals surface area contributed by atoms with E-state index in [1.807, 2.05) is 0 Å². The number of carbonyl (C=O) groups excluding carboxylic acids is 2. The quantitative estimate of drug-likeness (QED) is 0.474. The Bertz CT molecular complexity index is 1470. The van der Waals surface area contributed by atoms with E-state index in [-0.39, 0.29) is 16.3 Å². The first-order valence-corrected chi connectivity index (χ1v) is 13.0. The molecule has 0 radical (unpaired) electrons. The van der Waals surface area contributed by atoms with E-state index in [2.05, 4.69) is 10.6 Å². The SMILES string of the molecule is CS(=O)(=O)c1cccc(-c2ccc(N3CCC=C(NC(=O)Nc4ccc(C(F)(F)F)cc4)C3=O)cc2)c1. The molecule has 7 nitrogen and oxygen atoms in total. The number of rotatable bonds is 5. The molecule has 3 aromatic carbocycles. The highest BCUT2D eigenvalue weighted by molar-refractivity contribution is 7.90. The molecule has 4 rings (SSSR count). The number of benzene rings is 3. The Hall–Kier alpha value is -4.12. The van der Waals surface area contributed by atoms with Crippen LogP contribution >= 0.6 is 0 Å². The van der Waals surface area contributed by atoms with Crippen molar-refractivity contribution in [2.45, 2.75) is 17.5 Å². The van der Waals surface area contributed by atoms with E-state index in [1.54, 1.807) is 48.5 Å². The average Bonchev–Trinajstić information content (AvgIpc) is 2.85. The lowest BCUT2D eigenvalue weighted by molar-refractivity contribution is -0.137. The summed E-state index contributed by atoms with van der Waals surface area (Å²) in [6.45, 7) is 0.382. The van der Waals surface area contributed by atoms with Gasteiger partial charge in [0.15, 0.2) is 9.84 Å². The van der Waals surface area contributed by atoms with Gasteiger partial charge in [-0.2, -0.15) is 13.2 Å². The van der Waals surface area contributed by atoms with Crippen LogP contribution in [0, 0.1) is 0 Å². The lowest BCUT2D eigenvalue weighted by atomic mass is 10.0. The second kappa shape index (κ2) is 10.1. The summed E-state index contributed by atoms with van der Waals surface area (Å²) >= 11 is 0. The molecule has 3 amide bonds. The minimum absolute atomic E-state index is 0.0422. The monoisotopic (exact) mass is 529 g/mol. The van der Waals surface area contributed by atoms with Crippen molar-refractivity contribution in [3.8, 4) is 11.1 Å². The molecule has 0 aromatic heterocycles. The van der Waals surface area contributed by atoms with Crippen LogP contribution in [-0.2, 0) is 20.8 Å². The van der Waals surface area contributed by atoms with Crippen molar-refractivity contribution in [3.63, 3.8) is 0 Å². The summed E-state index contributed by atoms with van der Waals surface area (Å²) in [6, 6.07) is 16.7. The topological polar surface area (TPSA) is 95.6 Å². The highest BCUT2D eigenvalue weighted by Crippen LogP contribution is 2.30. The zero-order chi connectivity index (χ0) is 26.8. The van der Waals surface area contributed by atoms with Crippen molar-refractivity contribution in [1.82, 2.24) is 5.32 Å². The van der Waals surface area contributed by atoms with Gasteiger partial charge in [-0.1, -0.05) is 30.3 Å². The van der Waals surface area contributed by atoms with Crippen LogP contribution in [0.3, 0.4) is 0 Å². The van der Waals surface area contributed by atoms with Gasteiger partial charge >= 0.3 is 12.2 Å². The lowest BCUT2D eigenvalue weighted by Gasteiger charge is -2.27.